The van der Waals surface area contributed by atoms with E-state index in [-0.39, 0.29) is 43.0 Å². The predicted octanol–water partition coefficient (Wildman–Crippen LogP) is 3.27. The van der Waals surface area contributed by atoms with Crippen molar-refractivity contribution in [2.75, 3.05) is 13.2 Å². The Morgan fingerprint density at radius 1 is 1.24 bits per heavy atom. The van der Waals surface area contributed by atoms with Crippen LogP contribution in [0.15, 0.2) is 17.1 Å². The normalized spacial score (nSPS) is 31.1. The third-order valence-corrected chi connectivity index (χ3v) is 7.55. The summed E-state index contributed by atoms with van der Waals surface area (Å²) < 4.78 is 17.4. The summed E-state index contributed by atoms with van der Waals surface area (Å²) in [4.78, 5) is 27.5. The van der Waals surface area contributed by atoms with E-state index in [1.165, 1.54) is 0 Å². The first kappa shape index (κ1) is 22.0. The zero-order chi connectivity index (χ0) is 21.0. The van der Waals surface area contributed by atoms with Crippen molar-refractivity contribution >= 4 is 25.9 Å². The molecule has 0 aromatic rings. The number of carbonyl (C=O) groups is 2. The van der Waals surface area contributed by atoms with E-state index >= 15 is 0 Å². The van der Waals surface area contributed by atoms with E-state index in [2.05, 4.69) is 24.6 Å². The molecule has 5 atom stereocenters. The van der Waals surface area contributed by atoms with Crippen LogP contribution in [0.3, 0.4) is 0 Å². The van der Waals surface area contributed by atoms with Crippen LogP contribution < -0.4 is 0 Å². The molecule has 2 bridgehead atoms. The van der Waals surface area contributed by atoms with Crippen molar-refractivity contribution in [2.45, 2.75) is 76.0 Å². The van der Waals surface area contributed by atoms with Crippen LogP contribution in [0.4, 0.5) is 0 Å². The van der Waals surface area contributed by atoms with Crippen molar-refractivity contribution in [3.05, 3.63) is 12.2 Å². The fourth-order valence-corrected chi connectivity index (χ4v) is 4.96. The summed E-state index contributed by atoms with van der Waals surface area (Å²) in [6.45, 7) is 7.45. The van der Waals surface area contributed by atoms with Crippen LogP contribution in [0.1, 0.15) is 32.1 Å². The smallest absolute Gasteiger partial charge is 0.334 e. The highest BCUT2D eigenvalue weighted by Crippen LogP contribution is 2.46. The number of rotatable bonds is 10. The Morgan fingerprint density at radius 3 is 2.72 bits per heavy atom. The molecule has 3 heterocycles. The highest BCUT2D eigenvalue weighted by molar-refractivity contribution is 6.76. The largest absolute Gasteiger partial charge is 0.481 e. The summed E-state index contributed by atoms with van der Waals surface area (Å²) in [5, 5.41) is 8.74. The molecule has 2 saturated heterocycles. The van der Waals surface area contributed by atoms with Crippen molar-refractivity contribution in [1.82, 2.24) is 0 Å². The summed E-state index contributed by atoms with van der Waals surface area (Å²) in [5.41, 5.74) is 0. The van der Waals surface area contributed by atoms with E-state index in [1.807, 2.05) is 12.2 Å². The number of aliphatic carboxylic acids is 1. The number of esters is 1. The lowest BCUT2D eigenvalue weighted by Gasteiger charge is -2.26. The fraction of sp³-hybridized carbons (Fsp3) is 0.762. The molecule has 0 amide bonds. The van der Waals surface area contributed by atoms with Crippen LogP contribution in [0.5, 0.6) is 0 Å². The lowest BCUT2D eigenvalue weighted by Crippen LogP contribution is -2.33. The van der Waals surface area contributed by atoms with Crippen LogP contribution in [-0.2, 0) is 23.8 Å². The van der Waals surface area contributed by atoms with Gasteiger partial charge in [0.1, 0.15) is 6.61 Å². The monoisotopic (exact) mass is 423 g/mol. The zero-order valence-corrected chi connectivity index (χ0v) is 18.6. The molecule has 3 aliphatic rings. The molecule has 0 radical (unpaired) electrons. The van der Waals surface area contributed by atoms with Crippen LogP contribution in [0, 0.1) is 11.8 Å². The average Bonchev–Trinajstić information content (AvgIpc) is 3.35. The minimum Gasteiger partial charge on any atom is -0.481 e. The van der Waals surface area contributed by atoms with Crippen LogP contribution in [0.25, 0.3) is 0 Å². The van der Waals surface area contributed by atoms with Crippen LogP contribution in [-0.4, -0.2) is 62.5 Å². The van der Waals surface area contributed by atoms with Crippen molar-refractivity contribution in [2.24, 2.45) is 16.8 Å². The molecule has 162 valence electrons. The second-order valence-electron chi connectivity index (χ2n) is 9.39. The van der Waals surface area contributed by atoms with Gasteiger partial charge in [-0.25, -0.2) is 9.79 Å². The number of hydrogen-bond donors (Lipinski definition) is 1. The van der Waals surface area contributed by atoms with Gasteiger partial charge in [-0.3, -0.25) is 4.79 Å². The molecular formula is C21H33NO6Si. The maximum atomic E-state index is 12.3. The maximum absolute atomic E-state index is 12.3. The summed E-state index contributed by atoms with van der Waals surface area (Å²) in [6.07, 6.45) is 7.75. The van der Waals surface area contributed by atoms with Gasteiger partial charge >= 0.3 is 11.9 Å². The Morgan fingerprint density at radius 2 is 2.00 bits per heavy atom. The standard InChI is InChI=1S/C21H33NO6Si/c1-29(2,3)12-11-26-21(25)15-13-27-20(22-15)19-14(16-9-10-17(19)28-16)7-5-4-6-8-18(23)24/h4-5,14-17,19H,6-13H2,1-3H3,(H,23,24)/b5-4-/t14-,15?,16-,17+,19-/m0/s1. The van der Waals surface area contributed by atoms with E-state index in [0.29, 0.717) is 18.9 Å². The molecule has 0 aromatic carbocycles. The zero-order valence-electron chi connectivity index (χ0n) is 17.6. The van der Waals surface area contributed by atoms with Gasteiger partial charge in [-0.1, -0.05) is 31.8 Å². The molecule has 0 saturated carbocycles. The van der Waals surface area contributed by atoms with Gasteiger partial charge in [0, 0.05) is 20.4 Å². The predicted molar refractivity (Wildman–Crippen MR) is 112 cm³/mol. The fourth-order valence-electron chi connectivity index (χ4n) is 4.24. The summed E-state index contributed by atoms with van der Waals surface area (Å²) >= 11 is 0. The molecule has 8 heteroatoms. The van der Waals surface area contributed by atoms with Gasteiger partial charge in [-0.05, 0) is 31.7 Å². The number of fused-ring (bicyclic) bond motifs is 2. The molecule has 1 N–H and O–H groups in total. The molecule has 29 heavy (non-hydrogen) atoms. The quantitative estimate of drug-likeness (QED) is 0.329. The van der Waals surface area contributed by atoms with Crippen molar-refractivity contribution < 1.29 is 28.9 Å². The van der Waals surface area contributed by atoms with E-state index in [0.717, 1.165) is 25.3 Å². The van der Waals surface area contributed by atoms with Gasteiger partial charge in [-0.15, -0.1) is 0 Å². The number of allylic oxidation sites excluding steroid dienone is 2. The lowest BCUT2D eigenvalue weighted by atomic mass is 9.77. The Balaban J connectivity index is 1.55. The van der Waals surface area contributed by atoms with Crippen LogP contribution >= 0.6 is 0 Å². The summed E-state index contributed by atoms with van der Waals surface area (Å²) in [6, 6.07) is 0.372. The molecular weight excluding hydrogens is 390 g/mol. The van der Waals surface area contributed by atoms with Crippen molar-refractivity contribution in [3.63, 3.8) is 0 Å². The first-order valence-electron chi connectivity index (χ1n) is 10.6. The van der Waals surface area contributed by atoms with E-state index in [4.69, 9.17) is 19.3 Å². The van der Waals surface area contributed by atoms with E-state index in [9.17, 15) is 9.59 Å². The number of aliphatic imine (C=N–C) groups is 1. The topological polar surface area (TPSA) is 94.4 Å². The third-order valence-electron chi connectivity index (χ3n) is 5.85. The van der Waals surface area contributed by atoms with Gasteiger partial charge in [-0.2, -0.15) is 0 Å². The Labute approximate surface area is 173 Å². The molecule has 2 fully saturated rings. The number of hydrogen-bond acceptors (Lipinski definition) is 6. The van der Waals surface area contributed by atoms with Gasteiger partial charge in [0.15, 0.2) is 11.9 Å². The number of carbonyl (C=O) groups excluding carboxylic acids is 1. The average molecular weight is 424 g/mol. The van der Waals surface area contributed by atoms with Gasteiger partial charge < -0.3 is 19.3 Å². The highest BCUT2D eigenvalue weighted by Gasteiger charge is 2.52. The molecule has 0 aromatic heterocycles. The highest BCUT2D eigenvalue weighted by atomic mass is 28.3. The first-order valence-corrected chi connectivity index (χ1v) is 14.3. The number of nitrogens with zero attached hydrogens (tertiary/aromatic N) is 1. The Bertz CT molecular complexity index is 671. The van der Waals surface area contributed by atoms with Crippen molar-refractivity contribution in [1.29, 1.82) is 0 Å². The minimum atomic E-state index is -1.24. The second kappa shape index (κ2) is 9.43. The third kappa shape index (κ3) is 5.91. The minimum absolute atomic E-state index is 0.0673. The summed E-state index contributed by atoms with van der Waals surface area (Å²) in [5.74, 6) is -0.124. The van der Waals surface area contributed by atoms with Gasteiger partial charge in [0.25, 0.3) is 0 Å². The van der Waals surface area contributed by atoms with Gasteiger partial charge in [0.05, 0.1) is 24.7 Å². The van der Waals surface area contributed by atoms with E-state index in [1.54, 1.807) is 0 Å². The number of ether oxygens (including phenoxy) is 3. The SMILES string of the molecule is C[Si](C)(C)CCOC(=O)C1COC([C@H]2[C@@H](C/C=C\CCC(=O)O)[C@@H]3CC[C@H]2O3)=N1. The Kier molecular flexibility index (Phi) is 7.16. The molecule has 0 spiro atoms. The maximum Gasteiger partial charge on any atom is 0.334 e. The Hall–Kier alpha value is -1.67. The molecule has 3 aliphatic heterocycles. The molecule has 7 nitrogen and oxygen atoms in total. The number of carboxylic acid groups (broad SMARTS) is 1. The molecule has 3 rings (SSSR count). The van der Waals surface area contributed by atoms with Crippen LogP contribution in [0.2, 0.25) is 25.7 Å². The molecule has 0 aliphatic carbocycles. The molecule has 1 unspecified atom stereocenters. The van der Waals surface area contributed by atoms with Gasteiger partial charge in [0.2, 0.25) is 0 Å². The summed E-state index contributed by atoms with van der Waals surface area (Å²) in [7, 11) is -1.24. The van der Waals surface area contributed by atoms with Crippen molar-refractivity contribution in [3.8, 4) is 0 Å². The second-order valence-corrected chi connectivity index (χ2v) is 15.0. The van der Waals surface area contributed by atoms with E-state index < -0.39 is 20.1 Å². The first-order chi connectivity index (χ1) is 13.7. The lowest BCUT2D eigenvalue weighted by molar-refractivity contribution is -0.144. The number of carboxylic acids is 1.